The van der Waals surface area contributed by atoms with Crippen LogP contribution in [0.3, 0.4) is 0 Å². The van der Waals surface area contributed by atoms with E-state index in [-0.39, 0.29) is 11.2 Å². The molecule has 0 unspecified atom stereocenters. The molecule has 37 heavy (non-hydrogen) atoms. The molecule has 6 nitrogen and oxygen atoms in total. The van der Waals surface area contributed by atoms with Crippen LogP contribution in [0.1, 0.15) is 28.8 Å². The molecule has 3 aromatic carbocycles. The van der Waals surface area contributed by atoms with Gasteiger partial charge in [-0.05, 0) is 44.2 Å². The van der Waals surface area contributed by atoms with Crippen molar-refractivity contribution in [1.82, 2.24) is 4.90 Å². The second-order valence-electron chi connectivity index (χ2n) is 9.46. The quantitative estimate of drug-likeness (QED) is 0.298. The summed E-state index contributed by atoms with van der Waals surface area (Å²) in [5.74, 6) is 1.42. The van der Waals surface area contributed by atoms with E-state index in [1.54, 1.807) is 32.2 Å². The average molecular weight is 497 g/mol. The lowest BCUT2D eigenvalue weighted by atomic mass is 10.0. The number of piperazine rings is 1. The molecule has 1 aliphatic heterocycles. The van der Waals surface area contributed by atoms with Crippen LogP contribution in [0.15, 0.2) is 82.0 Å². The highest BCUT2D eigenvalue weighted by atomic mass is 16.5. The van der Waals surface area contributed by atoms with Crippen LogP contribution in [0.4, 0.5) is 5.69 Å². The number of carbonyl (C=O) groups is 1. The topological polar surface area (TPSA) is 63.0 Å². The minimum absolute atomic E-state index is 0.00396. The van der Waals surface area contributed by atoms with Crippen LogP contribution in [0.5, 0.6) is 5.75 Å². The van der Waals surface area contributed by atoms with Gasteiger partial charge in [-0.15, -0.1) is 0 Å². The Morgan fingerprint density at radius 3 is 2.41 bits per heavy atom. The molecule has 2 heterocycles. The summed E-state index contributed by atoms with van der Waals surface area (Å²) in [6.07, 6.45) is 1.16. The molecule has 4 aromatic rings. The molecule has 0 spiro atoms. The number of para-hydroxylation sites is 3. The first-order valence-electron chi connectivity index (χ1n) is 12.8. The maximum absolute atomic E-state index is 13.2. The van der Waals surface area contributed by atoms with Crippen LogP contribution in [0, 0.1) is 6.92 Å². The minimum Gasteiger partial charge on any atom is -0.495 e. The lowest BCUT2D eigenvalue weighted by molar-refractivity contribution is 0.0975. The lowest BCUT2D eigenvalue weighted by Crippen LogP contribution is -2.46. The molecular formula is C31H32N2O4. The molecule has 1 saturated heterocycles. The number of ketones is 1. The fourth-order valence-corrected chi connectivity index (χ4v) is 5.10. The van der Waals surface area contributed by atoms with Crippen LogP contribution in [-0.4, -0.2) is 50.5 Å². The first-order chi connectivity index (χ1) is 18.1. The summed E-state index contributed by atoms with van der Waals surface area (Å²) in [5.41, 5.74) is 3.27. The summed E-state index contributed by atoms with van der Waals surface area (Å²) >= 11 is 0. The van der Waals surface area contributed by atoms with E-state index in [2.05, 4.69) is 15.9 Å². The van der Waals surface area contributed by atoms with E-state index in [4.69, 9.17) is 9.15 Å². The fraction of sp³-hybridized carbons (Fsp3) is 0.290. The summed E-state index contributed by atoms with van der Waals surface area (Å²) in [7, 11) is 1.71. The van der Waals surface area contributed by atoms with E-state index >= 15 is 0 Å². The smallest absolute Gasteiger partial charge is 0.196 e. The van der Waals surface area contributed by atoms with E-state index in [1.807, 2.05) is 48.5 Å². The number of anilines is 1. The van der Waals surface area contributed by atoms with Crippen molar-refractivity contribution < 1.29 is 13.9 Å². The number of ether oxygens (including phenoxy) is 1. The molecule has 0 atom stereocenters. The van der Waals surface area contributed by atoms with E-state index < -0.39 is 0 Å². The van der Waals surface area contributed by atoms with Crippen molar-refractivity contribution in [3.05, 3.63) is 94.1 Å². The number of carbonyl (C=O) groups excluding carboxylic acids is 1. The Morgan fingerprint density at radius 2 is 1.65 bits per heavy atom. The van der Waals surface area contributed by atoms with Crippen molar-refractivity contribution in [3.8, 4) is 17.1 Å². The summed E-state index contributed by atoms with van der Waals surface area (Å²) < 4.78 is 11.7. The van der Waals surface area contributed by atoms with Gasteiger partial charge in [0.1, 0.15) is 17.1 Å². The predicted octanol–water partition coefficient (Wildman–Crippen LogP) is 5.56. The second kappa shape index (κ2) is 11.0. The van der Waals surface area contributed by atoms with Crippen molar-refractivity contribution in [2.24, 2.45) is 0 Å². The Labute approximate surface area is 217 Å². The number of hydrogen-bond donors (Lipinski definition) is 0. The monoisotopic (exact) mass is 496 g/mol. The van der Waals surface area contributed by atoms with Gasteiger partial charge in [0.25, 0.3) is 0 Å². The summed E-state index contributed by atoms with van der Waals surface area (Å²) in [6, 6.07) is 23.0. The summed E-state index contributed by atoms with van der Waals surface area (Å²) in [5, 5.41) is 0.454. The third kappa shape index (κ3) is 5.16. The van der Waals surface area contributed by atoms with E-state index in [0.717, 1.165) is 56.1 Å². The van der Waals surface area contributed by atoms with Crippen molar-refractivity contribution in [2.75, 3.05) is 44.7 Å². The highest BCUT2D eigenvalue weighted by molar-refractivity contribution is 6.06. The average Bonchev–Trinajstić information content (AvgIpc) is 2.95. The molecular weight excluding hydrogens is 464 g/mol. The van der Waals surface area contributed by atoms with Crippen molar-refractivity contribution in [1.29, 1.82) is 0 Å². The Kier molecular flexibility index (Phi) is 7.37. The zero-order chi connectivity index (χ0) is 25.8. The molecule has 0 bridgehead atoms. The Morgan fingerprint density at radius 1 is 0.919 bits per heavy atom. The Bertz CT molecular complexity index is 1450. The molecule has 1 fully saturated rings. The molecule has 6 heteroatoms. The van der Waals surface area contributed by atoms with Crippen LogP contribution >= 0.6 is 0 Å². The van der Waals surface area contributed by atoms with Gasteiger partial charge < -0.3 is 14.1 Å². The van der Waals surface area contributed by atoms with Crippen LogP contribution < -0.4 is 15.1 Å². The third-order valence-corrected chi connectivity index (χ3v) is 7.16. The fourth-order valence-electron chi connectivity index (χ4n) is 5.10. The Hall–Kier alpha value is -3.90. The highest BCUT2D eigenvalue weighted by Crippen LogP contribution is 2.29. The number of nitrogens with zero attached hydrogens (tertiary/aromatic N) is 2. The molecule has 0 radical (unpaired) electrons. The largest absolute Gasteiger partial charge is 0.495 e. The lowest BCUT2D eigenvalue weighted by Gasteiger charge is -2.36. The van der Waals surface area contributed by atoms with E-state index in [1.165, 1.54) is 0 Å². The molecule has 0 saturated carbocycles. The van der Waals surface area contributed by atoms with E-state index in [0.29, 0.717) is 34.3 Å². The highest BCUT2D eigenvalue weighted by Gasteiger charge is 2.21. The maximum atomic E-state index is 13.2. The van der Waals surface area contributed by atoms with Crippen molar-refractivity contribution >= 4 is 22.4 Å². The number of benzene rings is 3. The Balaban J connectivity index is 1.25. The van der Waals surface area contributed by atoms with Gasteiger partial charge in [-0.2, -0.15) is 0 Å². The van der Waals surface area contributed by atoms with Crippen LogP contribution in [0.25, 0.3) is 22.3 Å². The van der Waals surface area contributed by atoms with Crippen molar-refractivity contribution in [2.45, 2.75) is 19.8 Å². The molecule has 190 valence electrons. The number of fused-ring (bicyclic) bond motifs is 1. The standard InChI is InChI=1S/C31H32N2O4/c1-22-29(35)25-13-8-12-24(31(25)37-30(22)23-10-4-3-5-11-23)27(34)15-9-17-32-18-20-33(21-19-32)26-14-6-7-16-28(26)36-2/h3-8,10-14,16H,9,15,17-21H2,1-2H3. The first-order valence-corrected chi connectivity index (χ1v) is 12.8. The van der Waals surface area contributed by atoms with Gasteiger partial charge >= 0.3 is 0 Å². The summed E-state index contributed by atoms with van der Waals surface area (Å²) in [6.45, 7) is 6.35. The first kappa shape index (κ1) is 24.8. The van der Waals surface area contributed by atoms with Gasteiger partial charge in [-0.25, -0.2) is 0 Å². The number of rotatable bonds is 8. The molecule has 5 rings (SSSR count). The number of Topliss-reactive ketones (excluding diaryl/α,β-unsaturated/α-hetero) is 1. The van der Waals surface area contributed by atoms with Gasteiger partial charge in [0.2, 0.25) is 0 Å². The molecule has 1 aliphatic rings. The van der Waals surface area contributed by atoms with Gasteiger partial charge in [-0.3, -0.25) is 14.5 Å². The van der Waals surface area contributed by atoms with Crippen LogP contribution in [0.2, 0.25) is 0 Å². The summed E-state index contributed by atoms with van der Waals surface area (Å²) in [4.78, 5) is 31.1. The zero-order valence-electron chi connectivity index (χ0n) is 21.4. The molecule has 0 amide bonds. The van der Waals surface area contributed by atoms with Crippen molar-refractivity contribution in [3.63, 3.8) is 0 Å². The van der Waals surface area contributed by atoms with Gasteiger partial charge in [0, 0.05) is 43.7 Å². The molecule has 0 N–H and O–H groups in total. The molecule has 0 aliphatic carbocycles. The van der Waals surface area contributed by atoms with Crippen LogP contribution in [-0.2, 0) is 0 Å². The zero-order valence-corrected chi connectivity index (χ0v) is 21.4. The SMILES string of the molecule is COc1ccccc1N1CCN(CCCC(=O)c2cccc3c(=O)c(C)c(-c4ccccc4)oc23)CC1. The number of hydrogen-bond acceptors (Lipinski definition) is 6. The van der Waals surface area contributed by atoms with Gasteiger partial charge in [0.15, 0.2) is 11.2 Å². The predicted molar refractivity (Wildman–Crippen MR) is 148 cm³/mol. The normalized spacial score (nSPS) is 14.2. The maximum Gasteiger partial charge on any atom is 0.196 e. The minimum atomic E-state index is -0.0947. The second-order valence-corrected chi connectivity index (χ2v) is 9.46. The number of methoxy groups -OCH3 is 1. The van der Waals surface area contributed by atoms with E-state index in [9.17, 15) is 9.59 Å². The molecule has 1 aromatic heterocycles. The third-order valence-electron chi connectivity index (χ3n) is 7.16. The van der Waals surface area contributed by atoms with Gasteiger partial charge in [-0.1, -0.05) is 48.5 Å². The van der Waals surface area contributed by atoms with Gasteiger partial charge in [0.05, 0.1) is 23.7 Å².